The van der Waals surface area contributed by atoms with Crippen LogP contribution in [0.5, 0.6) is 0 Å². The maximum atomic E-state index is 10.4. The zero-order chi connectivity index (χ0) is 12.3. The summed E-state index contributed by atoms with van der Waals surface area (Å²) in [5, 5.41) is 15.0. The second-order valence-electron chi connectivity index (χ2n) is 3.57. The Morgan fingerprint density at radius 1 is 1.41 bits per heavy atom. The number of nitro groups is 1. The topological polar surface area (TPSA) is 60.4 Å². The van der Waals surface area contributed by atoms with E-state index in [9.17, 15) is 10.1 Å². The molecule has 0 radical (unpaired) electrons. The van der Waals surface area contributed by atoms with Crippen LogP contribution in [0.1, 0.15) is 11.3 Å². The van der Waals surface area contributed by atoms with Gasteiger partial charge >= 0.3 is 0 Å². The molecule has 17 heavy (non-hydrogen) atoms. The SMILES string of the molecule is Cc1cs/c(=N\[N+](=O)[O-])n1Cc1ccccc1. The van der Waals surface area contributed by atoms with Crippen molar-refractivity contribution in [2.24, 2.45) is 5.10 Å². The van der Waals surface area contributed by atoms with E-state index in [2.05, 4.69) is 5.10 Å². The summed E-state index contributed by atoms with van der Waals surface area (Å²) in [5.41, 5.74) is 2.07. The smallest absolute Gasteiger partial charge is 0.263 e. The minimum absolute atomic E-state index is 0.413. The Morgan fingerprint density at radius 2 is 2.12 bits per heavy atom. The summed E-state index contributed by atoms with van der Waals surface area (Å²) in [5.74, 6) is 0. The lowest BCUT2D eigenvalue weighted by Gasteiger charge is -2.04. The predicted molar refractivity (Wildman–Crippen MR) is 65.1 cm³/mol. The average molecular weight is 249 g/mol. The molecule has 0 atom stereocenters. The van der Waals surface area contributed by atoms with Crippen LogP contribution in [0.4, 0.5) is 0 Å². The number of hydrogen-bond donors (Lipinski definition) is 0. The van der Waals surface area contributed by atoms with Gasteiger partial charge in [0.05, 0.1) is 11.6 Å². The number of aryl methyl sites for hydroxylation is 1. The fraction of sp³-hybridized carbons (Fsp3) is 0.182. The third-order valence-electron chi connectivity index (χ3n) is 2.34. The normalized spacial score (nSPS) is 11.7. The second-order valence-corrected chi connectivity index (χ2v) is 4.41. The van der Waals surface area contributed by atoms with E-state index in [-0.39, 0.29) is 0 Å². The van der Waals surface area contributed by atoms with E-state index >= 15 is 0 Å². The maximum absolute atomic E-state index is 10.4. The van der Waals surface area contributed by atoms with Crippen LogP contribution in [0.15, 0.2) is 40.8 Å². The Balaban J connectivity index is 2.39. The van der Waals surface area contributed by atoms with Crippen molar-refractivity contribution in [1.29, 1.82) is 0 Å². The number of nitrogens with zero attached hydrogens (tertiary/aromatic N) is 3. The first kappa shape index (κ1) is 11.5. The van der Waals surface area contributed by atoms with E-state index in [0.29, 0.717) is 11.3 Å². The standard InChI is InChI=1S/C11H11N3O2S/c1-9-8-17-11(12-14(15)16)13(9)7-10-5-3-2-4-6-10/h2-6,8H,7H2,1H3/b12-11-. The first-order valence-corrected chi connectivity index (χ1v) is 5.92. The maximum Gasteiger partial charge on any atom is 0.263 e. The van der Waals surface area contributed by atoms with E-state index in [1.165, 1.54) is 11.3 Å². The molecule has 6 heteroatoms. The third-order valence-corrected chi connectivity index (χ3v) is 3.31. The minimum Gasteiger partial charge on any atom is -0.312 e. The number of thiazole rings is 1. The van der Waals surface area contributed by atoms with Crippen molar-refractivity contribution in [2.45, 2.75) is 13.5 Å². The molecule has 0 amide bonds. The van der Waals surface area contributed by atoms with Gasteiger partial charge in [-0.2, -0.15) is 0 Å². The molecule has 0 bridgehead atoms. The molecule has 2 rings (SSSR count). The van der Waals surface area contributed by atoms with Crippen molar-refractivity contribution >= 4 is 11.3 Å². The molecular weight excluding hydrogens is 238 g/mol. The van der Waals surface area contributed by atoms with Gasteiger partial charge in [0, 0.05) is 11.1 Å². The molecule has 0 N–H and O–H groups in total. The molecule has 0 saturated carbocycles. The van der Waals surface area contributed by atoms with Gasteiger partial charge < -0.3 is 4.57 Å². The zero-order valence-corrected chi connectivity index (χ0v) is 10.1. The van der Waals surface area contributed by atoms with Crippen LogP contribution in [0.2, 0.25) is 0 Å². The predicted octanol–water partition coefficient (Wildman–Crippen LogP) is 2.00. The molecule has 1 heterocycles. The molecule has 1 aromatic heterocycles. The van der Waals surface area contributed by atoms with Crippen LogP contribution < -0.4 is 4.80 Å². The lowest BCUT2D eigenvalue weighted by molar-refractivity contribution is -0.490. The van der Waals surface area contributed by atoms with Gasteiger partial charge in [-0.15, -0.1) is 0 Å². The summed E-state index contributed by atoms with van der Waals surface area (Å²) in [4.78, 5) is 10.8. The van der Waals surface area contributed by atoms with E-state index < -0.39 is 5.03 Å². The number of rotatable bonds is 3. The first-order chi connectivity index (χ1) is 8.16. The number of hydrogen-bond acceptors (Lipinski definition) is 3. The molecule has 0 aliphatic rings. The Kier molecular flexibility index (Phi) is 3.34. The molecule has 0 saturated heterocycles. The molecule has 0 aliphatic carbocycles. The van der Waals surface area contributed by atoms with Crippen LogP contribution in [-0.2, 0) is 6.54 Å². The summed E-state index contributed by atoms with van der Waals surface area (Å²) in [6.45, 7) is 2.52. The Hall–Kier alpha value is -1.95. The molecule has 0 fully saturated rings. The molecule has 0 spiro atoms. The fourth-order valence-corrected chi connectivity index (χ4v) is 2.37. The van der Waals surface area contributed by atoms with Gasteiger partial charge in [-0.1, -0.05) is 41.7 Å². The highest BCUT2D eigenvalue weighted by Gasteiger charge is 2.05. The molecule has 1 aromatic carbocycles. The number of benzene rings is 1. The monoisotopic (exact) mass is 249 g/mol. The molecular formula is C11H11N3O2S. The van der Waals surface area contributed by atoms with Gasteiger partial charge in [0.2, 0.25) is 0 Å². The van der Waals surface area contributed by atoms with Crippen LogP contribution >= 0.6 is 11.3 Å². The van der Waals surface area contributed by atoms with E-state index in [0.717, 1.165) is 11.3 Å². The highest BCUT2D eigenvalue weighted by molar-refractivity contribution is 7.07. The van der Waals surface area contributed by atoms with Gasteiger partial charge in [0.1, 0.15) is 0 Å². The highest BCUT2D eigenvalue weighted by Crippen LogP contribution is 2.05. The van der Waals surface area contributed by atoms with Crippen LogP contribution in [0, 0.1) is 17.0 Å². The van der Waals surface area contributed by atoms with Crippen molar-refractivity contribution in [1.82, 2.24) is 4.57 Å². The molecule has 0 aliphatic heterocycles. The van der Waals surface area contributed by atoms with Crippen molar-refractivity contribution in [3.05, 3.63) is 61.9 Å². The van der Waals surface area contributed by atoms with Crippen molar-refractivity contribution in [2.75, 3.05) is 0 Å². The van der Waals surface area contributed by atoms with Gasteiger partial charge in [-0.05, 0) is 12.5 Å². The largest absolute Gasteiger partial charge is 0.312 e. The Morgan fingerprint density at radius 3 is 2.76 bits per heavy atom. The summed E-state index contributed by atoms with van der Waals surface area (Å²) in [6.07, 6.45) is 0. The van der Waals surface area contributed by atoms with Gasteiger partial charge in [0.25, 0.3) is 4.80 Å². The summed E-state index contributed by atoms with van der Waals surface area (Å²) < 4.78 is 1.84. The summed E-state index contributed by atoms with van der Waals surface area (Å²) >= 11 is 1.28. The molecule has 2 aromatic rings. The van der Waals surface area contributed by atoms with Crippen LogP contribution in [0.25, 0.3) is 0 Å². The van der Waals surface area contributed by atoms with E-state index in [1.54, 1.807) is 0 Å². The third kappa shape index (κ3) is 2.79. The van der Waals surface area contributed by atoms with Gasteiger partial charge in [-0.3, -0.25) is 0 Å². The zero-order valence-electron chi connectivity index (χ0n) is 9.24. The van der Waals surface area contributed by atoms with Crippen LogP contribution in [-0.4, -0.2) is 9.60 Å². The quantitative estimate of drug-likeness (QED) is 0.617. The second kappa shape index (κ2) is 4.92. The van der Waals surface area contributed by atoms with Gasteiger partial charge in [0.15, 0.2) is 5.03 Å². The Labute approximate surface area is 102 Å². The summed E-state index contributed by atoms with van der Waals surface area (Å²) in [7, 11) is 0. The van der Waals surface area contributed by atoms with Crippen LogP contribution in [0.3, 0.4) is 0 Å². The molecule has 0 unspecified atom stereocenters. The lowest BCUT2D eigenvalue weighted by Crippen LogP contribution is -2.18. The van der Waals surface area contributed by atoms with Crippen molar-refractivity contribution in [3.63, 3.8) is 0 Å². The van der Waals surface area contributed by atoms with Gasteiger partial charge in [-0.25, -0.2) is 10.1 Å². The van der Waals surface area contributed by atoms with Crippen molar-refractivity contribution in [3.8, 4) is 0 Å². The van der Waals surface area contributed by atoms with Crippen molar-refractivity contribution < 1.29 is 5.03 Å². The Bertz CT molecular complexity index is 586. The number of aromatic nitrogens is 1. The first-order valence-electron chi connectivity index (χ1n) is 5.04. The molecule has 88 valence electrons. The lowest BCUT2D eigenvalue weighted by atomic mass is 10.2. The fourth-order valence-electron chi connectivity index (χ4n) is 1.52. The molecule has 5 nitrogen and oxygen atoms in total. The summed E-state index contributed by atoms with van der Waals surface area (Å²) in [6, 6.07) is 9.81. The highest BCUT2D eigenvalue weighted by atomic mass is 32.1. The minimum atomic E-state index is -0.660. The van der Waals surface area contributed by atoms with E-state index in [1.807, 2.05) is 47.2 Å². The van der Waals surface area contributed by atoms with E-state index in [4.69, 9.17) is 0 Å². The average Bonchev–Trinajstić information content (AvgIpc) is 2.62.